The zero-order valence-electron chi connectivity index (χ0n) is 11.7. The van der Waals surface area contributed by atoms with Gasteiger partial charge in [-0.2, -0.15) is 0 Å². The normalized spacial score (nSPS) is 11.5. The van der Waals surface area contributed by atoms with Crippen molar-refractivity contribution in [1.29, 1.82) is 0 Å². The highest BCUT2D eigenvalue weighted by Crippen LogP contribution is 2.18. The Morgan fingerprint density at radius 2 is 1.78 bits per heavy atom. The van der Waals surface area contributed by atoms with Crippen molar-refractivity contribution in [3.8, 4) is 0 Å². The molecule has 7 heteroatoms. The third kappa shape index (κ3) is 7.65. The number of hydrogen-bond acceptors (Lipinski definition) is 4. The van der Waals surface area contributed by atoms with Gasteiger partial charge in [0.2, 0.25) is 0 Å². The summed E-state index contributed by atoms with van der Waals surface area (Å²) < 4.78 is 16.4. The van der Waals surface area contributed by atoms with Gasteiger partial charge in [-0.3, -0.25) is 0 Å². The van der Waals surface area contributed by atoms with Crippen molar-refractivity contribution in [2.75, 3.05) is 27.4 Å². The van der Waals surface area contributed by atoms with Gasteiger partial charge in [-0.25, -0.2) is 4.79 Å². The smallest absolute Gasteiger partial charge is 0.377 e. The first kappa shape index (κ1) is 17.4. The Morgan fingerprint density at radius 1 is 1.17 bits per heavy atom. The van der Waals surface area contributed by atoms with E-state index >= 15 is 0 Å². The van der Waals surface area contributed by atoms with Crippen molar-refractivity contribution in [3.63, 3.8) is 0 Å². The maximum atomic E-state index is 10.4. The third-order valence-corrected chi connectivity index (χ3v) is 5.63. The van der Waals surface area contributed by atoms with Crippen molar-refractivity contribution in [1.82, 2.24) is 5.32 Å². The number of carbonyl (C=O) groups is 1. The van der Waals surface area contributed by atoms with E-state index in [1.807, 2.05) is 6.92 Å². The predicted molar refractivity (Wildman–Crippen MR) is 72.3 cm³/mol. The second-order valence-corrected chi connectivity index (χ2v) is 6.95. The van der Waals surface area contributed by atoms with Gasteiger partial charge in [-0.05, 0) is 19.8 Å². The van der Waals surface area contributed by atoms with Crippen LogP contribution in [0.3, 0.4) is 0 Å². The average molecular weight is 278 g/mol. The fourth-order valence-electron chi connectivity index (χ4n) is 1.73. The molecule has 0 unspecified atom stereocenters. The zero-order valence-corrected chi connectivity index (χ0v) is 12.7. The highest BCUT2D eigenvalue weighted by atomic mass is 28.4. The van der Waals surface area contributed by atoms with Crippen LogP contribution in [-0.4, -0.2) is 42.2 Å². The molecule has 0 bridgehead atoms. The first-order chi connectivity index (χ1) is 8.60. The molecule has 0 fully saturated rings. The maximum absolute atomic E-state index is 10.4. The molecule has 0 aliphatic heterocycles. The van der Waals surface area contributed by atoms with E-state index in [2.05, 4.69) is 5.32 Å². The number of carbonyl (C=O) groups excluding carboxylic acids is 1. The van der Waals surface area contributed by atoms with Crippen molar-refractivity contribution in [3.05, 3.63) is 0 Å². The second-order valence-electron chi connectivity index (χ2n) is 3.98. The molecule has 2 amide bonds. The quantitative estimate of drug-likeness (QED) is 0.443. The van der Waals surface area contributed by atoms with Gasteiger partial charge in [0.25, 0.3) is 0 Å². The first-order valence-corrected chi connectivity index (χ1v) is 8.31. The molecular formula is C11H26N2O4Si. The van der Waals surface area contributed by atoms with Crippen LogP contribution in [0, 0.1) is 0 Å². The molecule has 108 valence electrons. The van der Waals surface area contributed by atoms with E-state index in [0.717, 1.165) is 31.7 Å². The lowest BCUT2D eigenvalue weighted by Gasteiger charge is -2.25. The largest absolute Gasteiger partial charge is 0.500 e. The first-order valence-electron chi connectivity index (χ1n) is 6.37. The van der Waals surface area contributed by atoms with Crippen molar-refractivity contribution >= 4 is 14.8 Å². The molecule has 0 heterocycles. The summed E-state index contributed by atoms with van der Waals surface area (Å²) in [6.45, 7) is 3.18. The molecule has 0 spiro atoms. The molecule has 0 aromatic rings. The lowest BCUT2D eigenvalue weighted by atomic mass is 10.2. The van der Waals surface area contributed by atoms with Crippen molar-refractivity contribution < 1.29 is 18.1 Å². The van der Waals surface area contributed by atoms with Gasteiger partial charge in [0.15, 0.2) is 0 Å². The van der Waals surface area contributed by atoms with E-state index in [0.29, 0.717) is 13.2 Å². The number of amides is 2. The van der Waals surface area contributed by atoms with Crippen LogP contribution in [0.2, 0.25) is 6.04 Å². The number of urea groups is 1. The van der Waals surface area contributed by atoms with E-state index in [9.17, 15) is 4.79 Å². The van der Waals surface area contributed by atoms with Gasteiger partial charge in [-0.15, -0.1) is 0 Å². The second kappa shape index (κ2) is 10.3. The highest BCUT2D eigenvalue weighted by molar-refractivity contribution is 6.60. The summed E-state index contributed by atoms with van der Waals surface area (Å²) in [6, 6.07) is 0.369. The highest BCUT2D eigenvalue weighted by Gasteiger charge is 2.37. The number of nitrogens with one attached hydrogen (secondary N) is 1. The Hall–Kier alpha value is -0.633. The molecule has 0 atom stereocenters. The molecule has 0 aliphatic carbocycles. The number of hydrogen-bond donors (Lipinski definition) is 2. The topological polar surface area (TPSA) is 82.8 Å². The third-order valence-electron chi connectivity index (χ3n) is 2.70. The molecule has 3 N–H and O–H groups in total. The van der Waals surface area contributed by atoms with Gasteiger partial charge in [0.05, 0.1) is 0 Å². The molecule has 0 aromatic carbocycles. The minimum atomic E-state index is -2.42. The minimum Gasteiger partial charge on any atom is -0.377 e. The average Bonchev–Trinajstić information content (AvgIpc) is 2.36. The van der Waals surface area contributed by atoms with E-state index in [1.165, 1.54) is 0 Å². The summed E-state index contributed by atoms with van der Waals surface area (Å²) in [7, 11) is 0.863. The number of rotatable bonds is 11. The van der Waals surface area contributed by atoms with Gasteiger partial charge < -0.3 is 24.3 Å². The van der Waals surface area contributed by atoms with Crippen LogP contribution >= 0.6 is 0 Å². The maximum Gasteiger partial charge on any atom is 0.500 e. The van der Waals surface area contributed by atoms with Crippen LogP contribution in [0.25, 0.3) is 0 Å². The lowest BCUT2D eigenvalue weighted by Crippen LogP contribution is -2.43. The summed E-state index contributed by atoms with van der Waals surface area (Å²) in [4.78, 5) is 10.4. The summed E-state index contributed by atoms with van der Waals surface area (Å²) in [5, 5.41) is 2.57. The van der Waals surface area contributed by atoms with Gasteiger partial charge in [0, 0.05) is 33.4 Å². The Bertz CT molecular complexity index is 225. The summed E-state index contributed by atoms with van der Waals surface area (Å²) in [5.41, 5.74) is 4.97. The molecular weight excluding hydrogens is 252 g/mol. The van der Waals surface area contributed by atoms with E-state index in [1.54, 1.807) is 14.2 Å². The number of unbranched alkanes of at least 4 members (excludes halogenated alkanes) is 3. The Morgan fingerprint density at radius 3 is 2.28 bits per heavy atom. The van der Waals surface area contributed by atoms with Crippen LogP contribution in [0.5, 0.6) is 0 Å². The van der Waals surface area contributed by atoms with Crippen LogP contribution < -0.4 is 11.1 Å². The van der Waals surface area contributed by atoms with Gasteiger partial charge in [0.1, 0.15) is 0 Å². The fourth-order valence-corrected chi connectivity index (χ4v) is 3.81. The summed E-state index contributed by atoms with van der Waals surface area (Å²) >= 11 is 0. The molecule has 0 saturated heterocycles. The van der Waals surface area contributed by atoms with E-state index < -0.39 is 14.8 Å². The minimum absolute atomic E-state index is 0.462. The number of primary amides is 1. The summed E-state index contributed by atoms with van der Waals surface area (Å²) in [6.07, 6.45) is 4.05. The van der Waals surface area contributed by atoms with Crippen LogP contribution in [0.1, 0.15) is 32.6 Å². The fraction of sp³-hybridized carbons (Fsp3) is 0.909. The predicted octanol–water partition coefficient (Wildman–Crippen LogP) is 1.48. The lowest BCUT2D eigenvalue weighted by molar-refractivity contribution is 0.103. The molecule has 6 nitrogen and oxygen atoms in total. The van der Waals surface area contributed by atoms with Crippen LogP contribution in [0.15, 0.2) is 0 Å². The Labute approximate surface area is 111 Å². The summed E-state index contributed by atoms with van der Waals surface area (Å²) in [5.74, 6) is 0. The molecule has 0 rings (SSSR count). The molecule has 18 heavy (non-hydrogen) atoms. The van der Waals surface area contributed by atoms with Gasteiger partial charge >= 0.3 is 14.8 Å². The Kier molecular flexibility index (Phi) is 9.94. The zero-order chi connectivity index (χ0) is 13.9. The van der Waals surface area contributed by atoms with Crippen molar-refractivity contribution in [2.45, 2.75) is 38.7 Å². The SMILES string of the molecule is CCO[Si](CCCCCCNC(N)=O)(OC)OC. The number of nitrogens with two attached hydrogens (primary N) is 1. The molecule has 0 aliphatic rings. The Balaban J connectivity index is 3.64. The van der Waals surface area contributed by atoms with Gasteiger partial charge in [-0.1, -0.05) is 12.8 Å². The standard InChI is InChI=1S/C11H26N2O4Si/c1-4-17-18(15-2,16-3)10-8-6-5-7-9-13-11(12)14/h4-10H2,1-3H3,(H3,12,13,14). The van der Waals surface area contributed by atoms with Crippen LogP contribution in [-0.2, 0) is 13.3 Å². The van der Waals surface area contributed by atoms with E-state index in [4.69, 9.17) is 19.0 Å². The van der Waals surface area contributed by atoms with Crippen molar-refractivity contribution in [2.24, 2.45) is 5.73 Å². The molecule has 0 radical (unpaired) electrons. The monoisotopic (exact) mass is 278 g/mol. The molecule has 0 aromatic heterocycles. The van der Waals surface area contributed by atoms with Crippen LogP contribution in [0.4, 0.5) is 4.79 Å². The molecule has 0 saturated carbocycles. The van der Waals surface area contributed by atoms with E-state index in [-0.39, 0.29) is 0 Å².